The van der Waals surface area contributed by atoms with Crippen LogP contribution in [0.5, 0.6) is 0 Å². The lowest BCUT2D eigenvalue weighted by molar-refractivity contribution is -0.389. The summed E-state index contributed by atoms with van der Waals surface area (Å²) in [6.45, 7) is 4.26. The van der Waals surface area contributed by atoms with E-state index in [1.165, 1.54) is 10.8 Å². The number of imidazole rings is 1. The van der Waals surface area contributed by atoms with Crippen LogP contribution < -0.4 is 0 Å². The van der Waals surface area contributed by atoms with Gasteiger partial charge in [0.1, 0.15) is 24.3 Å². The molecule has 1 amide bonds. The van der Waals surface area contributed by atoms with Crippen molar-refractivity contribution in [3.05, 3.63) is 45.8 Å². The van der Waals surface area contributed by atoms with Crippen LogP contribution in [0.2, 0.25) is 0 Å². The van der Waals surface area contributed by atoms with E-state index < -0.39 is 4.92 Å². The van der Waals surface area contributed by atoms with Crippen molar-refractivity contribution >= 4 is 11.7 Å². The molecule has 3 rings (SSSR count). The summed E-state index contributed by atoms with van der Waals surface area (Å²) in [5.74, 6) is 1.78. The summed E-state index contributed by atoms with van der Waals surface area (Å²) in [6.07, 6.45) is 5.25. The van der Waals surface area contributed by atoms with Crippen molar-refractivity contribution in [1.29, 1.82) is 0 Å². The number of furan rings is 1. The van der Waals surface area contributed by atoms with Crippen LogP contribution in [0, 0.1) is 24.0 Å². The van der Waals surface area contributed by atoms with Gasteiger partial charge in [-0.1, -0.05) is 12.8 Å². The topological polar surface area (TPSA) is 94.4 Å². The number of rotatable bonds is 4. The SMILES string of the molecule is Cc1ccc([C@H]2CCCCCN2C(=O)Cn2cc([N+](=O)[O-])nc2C)o1. The Balaban J connectivity index is 1.81. The van der Waals surface area contributed by atoms with E-state index in [-0.39, 0.29) is 24.3 Å². The van der Waals surface area contributed by atoms with E-state index in [4.69, 9.17) is 4.42 Å². The fraction of sp³-hybridized carbons (Fsp3) is 0.529. The molecule has 0 spiro atoms. The number of nitrogens with zero attached hydrogens (tertiary/aromatic N) is 4. The third kappa shape index (κ3) is 3.72. The molecule has 0 N–H and O–H groups in total. The van der Waals surface area contributed by atoms with E-state index >= 15 is 0 Å². The molecule has 25 heavy (non-hydrogen) atoms. The Morgan fingerprint density at radius 3 is 2.80 bits per heavy atom. The Kier molecular flexibility index (Phi) is 4.87. The van der Waals surface area contributed by atoms with Gasteiger partial charge in [-0.3, -0.25) is 9.36 Å². The molecule has 2 aromatic rings. The number of carbonyl (C=O) groups is 1. The van der Waals surface area contributed by atoms with Crippen LogP contribution in [0.4, 0.5) is 5.82 Å². The Bertz CT molecular complexity index is 779. The molecule has 8 heteroatoms. The Hall–Kier alpha value is -2.64. The molecular weight excluding hydrogens is 324 g/mol. The highest BCUT2D eigenvalue weighted by atomic mass is 16.6. The van der Waals surface area contributed by atoms with Crippen LogP contribution >= 0.6 is 0 Å². The second kappa shape index (κ2) is 7.08. The number of aryl methyl sites for hydroxylation is 2. The summed E-state index contributed by atoms with van der Waals surface area (Å²) < 4.78 is 7.30. The zero-order valence-electron chi connectivity index (χ0n) is 14.5. The molecule has 0 unspecified atom stereocenters. The highest BCUT2D eigenvalue weighted by Crippen LogP contribution is 2.31. The fourth-order valence-electron chi connectivity index (χ4n) is 3.31. The Labute approximate surface area is 145 Å². The third-order valence-electron chi connectivity index (χ3n) is 4.62. The highest BCUT2D eigenvalue weighted by Gasteiger charge is 2.29. The van der Waals surface area contributed by atoms with Crippen LogP contribution in [0.15, 0.2) is 22.7 Å². The molecule has 0 bridgehead atoms. The zero-order chi connectivity index (χ0) is 18.0. The molecule has 0 aliphatic carbocycles. The van der Waals surface area contributed by atoms with Gasteiger partial charge in [-0.25, -0.2) is 0 Å². The van der Waals surface area contributed by atoms with Gasteiger partial charge >= 0.3 is 5.82 Å². The van der Waals surface area contributed by atoms with Gasteiger partial charge < -0.3 is 19.4 Å². The first-order valence-corrected chi connectivity index (χ1v) is 8.49. The van der Waals surface area contributed by atoms with Crippen molar-refractivity contribution in [2.24, 2.45) is 0 Å². The van der Waals surface area contributed by atoms with E-state index in [0.717, 1.165) is 37.2 Å². The van der Waals surface area contributed by atoms with E-state index in [1.807, 2.05) is 24.0 Å². The summed E-state index contributed by atoms with van der Waals surface area (Å²) in [7, 11) is 0. The molecular formula is C17H22N4O4. The average Bonchev–Trinajstić information content (AvgIpc) is 3.05. The van der Waals surface area contributed by atoms with Gasteiger partial charge in [-0.2, -0.15) is 0 Å². The number of carbonyl (C=O) groups excluding carboxylic acids is 1. The maximum absolute atomic E-state index is 12.9. The summed E-state index contributed by atoms with van der Waals surface area (Å²) in [5.41, 5.74) is 0. The molecule has 0 aromatic carbocycles. The van der Waals surface area contributed by atoms with Crippen molar-refractivity contribution in [3.63, 3.8) is 0 Å². The van der Waals surface area contributed by atoms with Crippen LogP contribution in [0.3, 0.4) is 0 Å². The molecule has 1 aliphatic heterocycles. The summed E-state index contributed by atoms with van der Waals surface area (Å²) >= 11 is 0. The lowest BCUT2D eigenvalue weighted by Gasteiger charge is -2.28. The van der Waals surface area contributed by atoms with Gasteiger partial charge in [-0.15, -0.1) is 0 Å². The summed E-state index contributed by atoms with van der Waals surface area (Å²) in [6, 6.07) is 3.76. The first kappa shape index (κ1) is 17.2. The normalized spacial score (nSPS) is 18.2. The Morgan fingerprint density at radius 1 is 1.36 bits per heavy atom. The van der Waals surface area contributed by atoms with Crippen LogP contribution in [-0.2, 0) is 11.3 Å². The minimum atomic E-state index is -0.547. The second-order valence-electron chi connectivity index (χ2n) is 6.43. The minimum Gasteiger partial charge on any atom is -0.464 e. The van der Waals surface area contributed by atoms with Crippen molar-refractivity contribution in [1.82, 2.24) is 14.5 Å². The van der Waals surface area contributed by atoms with Crippen LogP contribution in [-0.4, -0.2) is 31.8 Å². The molecule has 1 aliphatic rings. The maximum atomic E-state index is 12.9. The predicted octanol–water partition coefficient (Wildman–Crippen LogP) is 3.15. The number of nitro groups is 1. The van der Waals surface area contributed by atoms with Crippen molar-refractivity contribution in [3.8, 4) is 0 Å². The molecule has 134 valence electrons. The van der Waals surface area contributed by atoms with E-state index in [0.29, 0.717) is 12.4 Å². The van der Waals surface area contributed by atoms with Gasteiger partial charge in [-0.05, 0) is 41.8 Å². The molecule has 1 saturated heterocycles. The third-order valence-corrected chi connectivity index (χ3v) is 4.62. The first-order chi connectivity index (χ1) is 12.0. The molecule has 2 aromatic heterocycles. The van der Waals surface area contributed by atoms with Crippen molar-refractivity contribution in [2.75, 3.05) is 6.54 Å². The van der Waals surface area contributed by atoms with E-state index in [1.54, 1.807) is 6.92 Å². The number of aromatic nitrogens is 2. The van der Waals surface area contributed by atoms with Gasteiger partial charge in [0.05, 0.1) is 6.04 Å². The quantitative estimate of drug-likeness (QED) is 0.626. The molecule has 0 radical (unpaired) electrons. The number of likely N-dealkylation sites (tertiary alicyclic amines) is 1. The number of hydrogen-bond donors (Lipinski definition) is 0. The van der Waals surface area contributed by atoms with Gasteiger partial charge in [0.25, 0.3) is 0 Å². The molecule has 8 nitrogen and oxygen atoms in total. The molecule has 1 fully saturated rings. The predicted molar refractivity (Wildman–Crippen MR) is 90.0 cm³/mol. The number of amides is 1. The largest absolute Gasteiger partial charge is 0.464 e. The monoisotopic (exact) mass is 346 g/mol. The fourth-order valence-corrected chi connectivity index (χ4v) is 3.31. The highest BCUT2D eigenvalue weighted by molar-refractivity contribution is 5.76. The van der Waals surface area contributed by atoms with Gasteiger partial charge in [0.2, 0.25) is 11.7 Å². The maximum Gasteiger partial charge on any atom is 0.381 e. The smallest absolute Gasteiger partial charge is 0.381 e. The Morgan fingerprint density at radius 2 is 2.16 bits per heavy atom. The van der Waals surface area contributed by atoms with E-state index in [9.17, 15) is 14.9 Å². The molecule has 0 saturated carbocycles. The van der Waals surface area contributed by atoms with Crippen molar-refractivity contribution in [2.45, 2.75) is 52.1 Å². The van der Waals surface area contributed by atoms with Crippen molar-refractivity contribution < 1.29 is 14.1 Å². The average molecular weight is 346 g/mol. The van der Waals surface area contributed by atoms with Crippen LogP contribution in [0.1, 0.15) is 49.1 Å². The summed E-state index contributed by atoms with van der Waals surface area (Å²) in [5, 5.41) is 10.9. The molecule has 3 heterocycles. The lowest BCUT2D eigenvalue weighted by atomic mass is 10.1. The first-order valence-electron chi connectivity index (χ1n) is 8.49. The second-order valence-corrected chi connectivity index (χ2v) is 6.43. The standard InChI is InChI=1S/C17H22N4O4/c1-12-7-8-15(25-12)14-6-4-3-5-9-20(14)17(22)11-19-10-16(21(23)24)18-13(19)2/h7-8,10,14H,3-6,9,11H2,1-2H3/t14-/m1/s1. The lowest BCUT2D eigenvalue weighted by Crippen LogP contribution is -2.37. The number of hydrogen-bond acceptors (Lipinski definition) is 5. The van der Waals surface area contributed by atoms with Crippen LogP contribution in [0.25, 0.3) is 0 Å². The van der Waals surface area contributed by atoms with E-state index in [2.05, 4.69) is 4.98 Å². The minimum absolute atomic E-state index is 0.0445. The molecule has 1 atom stereocenters. The van der Waals surface area contributed by atoms with Gasteiger partial charge in [0, 0.05) is 13.5 Å². The summed E-state index contributed by atoms with van der Waals surface area (Å²) in [4.78, 5) is 28.9. The zero-order valence-corrected chi connectivity index (χ0v) is 14.5. The van der Waals surface area contributed by atoms with Gasteiger partial charge in [0.15, 0.2) is 0 Å².